The predicted octanol–water partition coefficient (Wildman–Crippen LogP) is 3.07. The summed E-state index contributed by atoms with van der Waals surface area (Å²) >= 11 is 0. The molecule has 8 heteroatoms. The Morgan fingerprint density at radius 1 is 1.34 bits per heavy atom. The number of rotatable bonds is 6. The number of pyridine rings is 1. The van der Waals surface area contributed by atoms with Gasteiger partial charge in [-0.1, -0.05) is 6.92 Å². The summed E-state index contributed by atoms with van der Waals surface area (Å²) in [6.45, 7) is 7.39. The first-order valence-corrected chi connectivity index (χ1v) is 11.5. The van der Waals surface area contributed by atoms with Gasteiger partial charge in [0.2, 0.25) is 0 Å². The molecule has 2 N–H and O–H groups in total. The van der Waals surface area contributed by atoms with Crippen LogP contribution in [0, 0.1) is 19.3 Å². The lowest BCUT2D eigenvalue weighted by Gasteiger charge is -2.40. The largest absolute Gasteiger partial charge is 0.462 e. The Hall–Kier alpha value is -2.74. The summed E-state index contributed by atoms with van der Waals surface area (Å²) in [7, 11) is 0. The first-order valence-electron chi connectivity index (χ1n) is 11.5. The second kappa shape index (κ2) is 9.40. The van der Waals surface area contributed by atoms with Crippen LogP contribution in [-0.4, -0.2) is 52.9 Å². The number of aromatic amines is 1. The summed E-state index contributed by atoms with van der Waals surface area (Å²) in [5.41, 5.74) is 4.53. The average Bonchev–Trinajstić information content (AvgIpc) is 3.12. The van der Waals surface area contributed by atoms with Crippen LogP contribution in [0.3, 0.4) is 0 Å². The first-order chi connectivity index (χ1) is 15.4. The number of hydrogen-bond acceptors (Lipinski definition) is 6. The Morgan fingerprint density at radius 3 is 2.97 bits per heavy atom. The number of aromatic nitrogens is 3. The minimum Gasteiger partial charge on any atom is -0.462 e. The van der Waals surface area contributed by atoms with Crippen molar-refractivity contribution in [2.45, 2.75) is 65.4 Å². The summed E-state index contributed by atoms with van der Waals surface area (Å²) in [4.78, 5) is 29.3. The van der Waals surface area contributed by atoms with Crippen LogP contribution in [0.15, 0.2) is 12.1 Å². The third kappa shape index (κ3) is 4.70. The van der Waals surface area contributed by atoms with E-state index >= 15 is 0 Å². The van der Waals surface area contributed by atoms with Crippen molar-refractivity contribution < 1.29 is 19.1 Å². The van der Waals surface area contributed by atoms with Crippen molar-refractivity contribution in [2.75, 3.05) is 19.8 Å². The molecule has 32 heavy (non-hydrogen) atoms. The molecule has 4 heterocycles. The van der Waals surface area contributed by atoms with Crippen molar-refractivity contribution in [1.82, 2.24) is 20.5 Å². The van der Waals surface area contributed by atoms with Gasteiger partial charge in [0.1, 0.15) is 0 Å². The molecule has 1 amide bonds. The number of amides is 1. The normalized spacial score (nSPS) is 22.8. The minimum atomic E-state index is -0.332. The molecule has 1 spiro atoms. The van der Waals surface area contributed by atoms with Gasteiger partial charge in [-0.25, -0.2) is 4.79 Å². The molecule has 2 atom stereocenters. The lowest BCUT2D eigenvalue weighted by atomic mass is 9.73. The molecule has 2 unspecified atom stereocenters. The van der Waals surface area contributed by atoms with Crippen molar-refractivity contribution in [3.05, 3.63) is 46.0 Å². The molecule has 0 radical (unpaired) electrons. The summed E-state index contributed by atoms with van der Waals surface area (Å²) in [6, 6.07) is 3.58. The van der Waals surface area contributed by atoms with E-state index in [1.165, 1.54) is 0 Å². The number of carbonyl (C=O) groups is 2. The van der Waals surface area contributed by atoms with E-state index in [-0.39, 0.29) is 23.4 Å². The topological polar surface area (TPSA) is 106 Å². The van der Waals surface area contributed by atoms with E-state index in [2.05, 4.69) is 20.5 Å². The standard InChI is InChI=1S/C24H32N4O4/c1-4-19-21-20(28-27-19)13-24(14-25-22(21)29)9-11-31-17(12-24)6-5-10-32-23(30)18-8-7-15(2)26-16(18)3/h7-8,17H,4-6,9-14H2,1-3H3,(H,25,29)(H,27,28). The maximum Gasteiger partial charge on any atom is 0.339 e. The molecule has 8 nitrogen and oxygen atoms in total. The average molecular weight is 441 g/mol. The van der Waals surface area contributed by atoms with Crippen molar-refractivity contribution in [3.63, 3.8) is 0 Å². The lowest BCUT2D eigenvalue weighted by Crippen LogP contribution is -2.43. The molecule has 0 aromatic carbocycles. The van der Waals surface area contributed by atoms with E-state index < -0.39 is 0 Å². The van der Waals surface area contributed by atoms with Crippen LogP contribution in [0.1, 0.15) is 76.1 Å². The zero-order valence-corrected chi connectivity index (χ0v) is 19.1. The Bertz CT molecular complexity index is 1000. The maximum atomic E-state index is 12.6. The third-order valence-corrected chi connectivity index (χ3v) is 6.65. The molecule has 4 rings (SSSR count). The quantitative estimate of drug-likeness (QED) is 0.528. The van der Waals surface area contributed by atoms with Crippen LogP contribution in [0.2, 0.25) is 0 Å². The van der Waals surface area contributed by atoms with Gasteiger partial charge in [-0.05, 0) is 69.9 Å². The van der Waals surface area contributed by atoms with Crippen LogP contribution in [-0.2, 0) is 22.3 Å². The van der Waals surface area contributed by atoms with E-state index in [0.717, 1.165) is 61.2 Å². The molecular formula is C24H32N4O4. The second-order valence-electron chi connectivity index (χ2n) is 9.05. The summed E-state index contributed by atoms with van der Waals surface area (Å²) < 4.78 is 11.5. The molecule has 1 saturated heterocycles. The molecule has 0 aliphatic carbocycles. The van der Waals surface area contributed by atoms with E-state index in [0.29, 0.717) is 31.0 Å². The SMILES string of the molecule is CCc1n[nH]c2c1C(=O)NCC1(CCOC(CCCOC(=O)c3ccc(C)nc3C)C1)C2. The van der Waals surface area contributed by atoms with Crippen LogP contribution >= 0.6 is 0 Å². The number of aryl methyl sites for hydroxylation is 3. The number of ether oxygens (including phenoxy) is 2. The number of H-pyrrole nitrogens is 1. The first kappa shape index (κ1) is 22.5. The highest BCUT2D eigenvalue weighted by molar-refractivity contribution is 5.97. The minimum absolute atomic E-state index is 0.0293. The molecule has 1 fully saturated rings. The molecule has 2 aliphatic rings. The monoisotopic (exact) mass is 440 g/mol. The van der Waals surface area contributed by atoms with Gasteiger partial charge < -0.3 is 14.8 Å². The summed E-state index contributed by atoms with van der Waals surface area (Å²) in [5, 5.41) is 10.6. The molecule has 0 saturated carbocycles. The van der Waals surface area contributed by atoms with Crippen LogP contribution < -0.4 is 5.32 Å². The Labute approximate surface area is 188 Å². The van der Waals surface area contributed by atoms with Crippen LogP contribution in [0.5, 0.6) is 0 Å². The molecule has 0 bridgehead atoms. The van der Waals surface area contributed by atoms with Crippen LogP contribution in [0.4, 0.5) is 0 Å². The number of nitrogens with zero attached hydrogens (tertiary/aromatic N) is 2. The number of fused-ring (bicyclic) bond motifs is 1. The van der Waals surface area contributed by atoms with Crippen LogP contribution in [0.25, 0.3) is 0 Å². The fourth-order valence-corrected chi connectivity index (χ4v) is 4.91. The van der Waals surface area contributed by atoms with Gasteiger partial charge in [0.25, 0.3) is 5.91 Å². The third-order valence-electron chi connectivity index (χ3n) is 6.65. The summed E-state index contributed by atoms with van der Waals surface area (Å²) in [5.74, 6) is -0.362. The number of esters is 1. The van der Waals surface area contributed by atoms with Crippen molar-refractivity contribution in [2.24, 2.45) is 5.41 Å². The number of carbonyl (C=O) groups excluding carboxylic acids is 2. The van der Waals surface area contributed by atoms with Gasteiger partial charge in [0.05, 0.1) is 35.2 Å². The molecule has 2 aliphatic heterocycles. The fourth-order valence-electron chi connectivity index (χ4n) is 4.91. The van der Waals surface area contributed by atoms with E-state index in [9.17, 15) is 9.59 Å². The fraction of sp³-hybridized carbons (Fsp3) is 0.583. The highest BCUT2D eigenvalue weighted by Gasteiger charge is 2.41. The van der Waals surface area contributed by atoms with E-state index in [1.807, 2.05) is 26.8 Å². The zero-order valence-electron chi connectivity index (χ0n) is 19.1. The van der Waals surface area contributed by atoms with Gasteiger partial charge >= 0.3 is 5.97 Å². The van der Waals surface area contributed by atoms with E-state index in [1.54, 1.807) is 6.07 Å². The van der Waals surface area contributed by atoms with E-state index in [4.69, 9.17) is 9.47 Å². The van der Waals surface area contributed by atoms with Gasteiger partial charge in [-0.15, -0.1) is 0 Å². The van der Waals surface area contributed by atoms with Gasteiger partial charge in [0.15, 0.2) is 0 Å². The Balaban J connectivity index is 1.31. The maximum absolute atomic E-state index is 12.6. The van der Waals surface area contributed by atoms with Gasteiger partial charge in [0, 0.05) is 24.5 Å². The Kier molecular flexibility index (Phi) is 6.60. The molecular weight excluding hydrogens is 408 g/mol. The second-order valence-corrected chi connectivity index (χ2v) is 9.05. The van der Waals surface area contributed by atoms with Crippen molar-refractivity contribution >= 4 is 11.9 Å². The van der Waals surface area contributed by atoms with Gasteiger partial charge in [-0.3, -0.25) is 14.9 Å². The highest BCUT2D eigenvalue weighted by Crippen LogP contribution is 2.39. The molecule has 2 aromatic heterocycles. The molecule has 172 valence electrons. The summed E-state index contributed by atoms with van der Waals surface area (Å²) in [6.07, 6.45) is 4.91. The van der Waals surface area contributed by atoms with Crippen molar-refractivity contribution in [3.8, 4) is 0 Å². The number of nitrogens with one attached hydrogen (secondary N) is 2. The van der Waals surface area contributed by atoms with Crippen molar-refractivity contribution in [1.29, 1.82) is 0 Å². The lowest BCUT2D eigenvalue weighted by molar-refractivity contribution is -0.0531. The highest BCUT2D eigenvalue weighted by atomic mass is 16.5. The predicted molar refractivity (Wildman–Crippen MR) is 119 cm³/mol. The smallest absolute Gasteiger partial charge is 0.339 e. The zero-order chi connectivity index (χ0) is 22.7. The number of hydrogen-bond donors (Lipinski definition) is 2. The molecule has 2 aromatic rings. The van der Waals surface area contributed by atoms with Gasteiger partial charge in [-0.2, -0.15) is 5.10 Å². The Morgan fingerprint density at radius 2 is 2.19 bits per heavy atom.